The predicted octanol–water partition coefficient (Wildman–Crippen LogP) is 2.94. The summed E-state index contributed by atoms with van der Waals surface area (Å²) in [4.78, 5) is 6.21. The van der Waals surface area contributed by atoms with Gasteiger partial charge in [0, 0.05) is 16.0 Å². The maximum Gasteiger partial charge on any atom is 0.188 e. The van der Waals surface area contributed by atoms with Gasteiger partial charge in [-0.2, -0.15) is 0 Å². The standard InChI is InChI=1S/C14H15N3OS/c1-9-3-4-11(7-10(9)2)19-12-5-6-16-13(8-12)14(15)17-18/h3-8,18H,1-2H3,(H2,15,17). The van der Waals surface area contributed by atoms with E-state index in [1.165, 1.54) is 11.1 Å². The number of aryl methyl sites for hydroxylation is 2. The first-order valence-corrected chi connectivity index (χ1v) is 6.61. The Labute approximate surface area is 116 Å². The van der Waals surface area contributed by atoms with Gasteiger partial charge in [0.2, 0.25) is 0 Å². The number of nitrogens with two attached hydrogens (primary N) is 1. The number of hydrogen-bond acceptors (Lipinski definition) is 4. The summed E-state index contributed by atoms with van der Waals surface area (Å²) in [5.41, 5.74) is 8.53. The van der Waals surface area contributed by atoms with Gasteiger partial charge in [0.1, 0.15) is 5.69 Å². The molecule has 2 aromatic rings. The zero-order valence-electron chi connectivity index (χ0n) is 10.8. The van der Waals surface area contributed by atoms with Gasteiger partial charge in [0.05, 0.1) is 0 Å². The minimum atomic E-state index is 0.0162. The van der Waals surface area contributed by atoms with E-state index in [0.717, 1.165) is 9.79 Å². The number of aromatic nitrogens is 1. The maximum absolute atomic E-state index is 8.65. The SMILES string of the molecule is Cc1ccc(Sc2ccnc(C(N)=NO)c2)cc1C. The lowest BCUT2D eigenvalue weighted by Crippen LogP contribution is -2.14. The zero-order valence-corrected chi connectivity index (χ0v) is 11.6. The van der Waals surface area contributed by atoms with Crippen LogP contribution in [0.1, 0.15) is 16.8 Å². The summed E-state index contributed by atoms with van der Waals surface area (Å²) in [6.45, 7) is 4.18. The fourth-order valence-corrected chi connectivity index (χ4v) is 2.52. The Morgan fingerprint density at radius 3 is 2.58 bits per heavy atom. The van der Waals surface area contributed by atoms with Gasteiger partial charge in [-0.15, -0.1) is 0 Å². The molecule has 2 rings (SSSR count). The lowest BCUT2D eigenvalue weighted by Gasteiger charge is -2.06. The lowest BCUT2D eigenvalue weighted by molar-refractivity contribution is 0.318. The summed E-state index contributed by atoms with van der Waals surface area (Å²) >= 11 is 1.62. The average molecular weight is 273 g/mol. The molecule has 1 aromatic carbocycles. The highest BCUT2D eigenvalue weighted by atomic mass is 32.2. The first kappa shape index (κ1) is 13.4. The second kappa shape index (κ2) is 5.75. The molecule has 0 fully saturated rings. The van der Waals surface area contributed by atoms with Gasteiger partial charge < -0.3 is 10.9 Å². The van der Waals surface area contributed by atoms with Crippen LogP contribution < -0.4 is 5.73 Å². The number of hydrogen-bond donors (Lipinski definition) is 2. The third-order valence-corrected chi connectivity index (χ3v) is 3.79. The summed E-state index contributed by atoms with van der Waals surface area (Å²) in [7, 11) is 0. The van der Waals surface area contributed by atoms with Crippen molar-refractivity contribution >= 4 is 17.6 Å². The Kier molecular flexibility index (Phi) is 4.06. The highest BCUT2D eigenvalue weighted by Crippen LogP contribution is 2.29. The van der Waals surface area contributed by atoms with Crippen LogP contribution in [0.3, 0.4) is 0 Å². The van der Waals surface area contributed by atoms with Gasteiger partial charge in [-0.1, -0.05) is 23.0 Å². The monoisotopic (exact) mass is 273 g/mol. The molecule has 0 saturated carbocycles. The van der Waals surface area contributed by atoms with Crippen LogP contribution in [-0.4, -0.2) is 16.0 Å². The molecular weight excluding hydrogens is 258 g/mol. The molecule has 4 nitrogen and oxygen atoms in total. The van der Waals surface area contributed by atoms with Crippen LogP contribution in [0.15, 0.2) is 51.5 Å². The molecule has 0 unspecified atom stereocenters. The number of benzene rings is 1. The van der Waals surface area contributed by atoms with E-state index in [4.69, 9.17) is 10.9 Å². The molecule has 0 amide bonds. The Bertz CT molecular complexity index is 626. The Morgan fingerprint density at radius 1 is 1.16 bits per heavy atom. The summed E-state index contributed by atoms with van der Waals surface area (Å²) in [6, 6.07) is 10.0. The van der Waals surface area contributed by atoms with Crippen molar-refractivity contribution in [1.29, 1.82) is 0 Å². The van der Waals surface area contributed by atoms with Crippen molar-refractivity contribution in [1.82, 2.24) is 4.98 Å². The highest BCUT2D eigenvalue weighted by Gasteiger charge is 2.04. The second-order valence-corrected chi connectivity index (χ2v) is 5.36. The summed E-state index contributed by atoms with van der Waals surface area (Å²) in [6.07, 6.45) is 1.65. The number of pyridine rings is 1. The van der Waals surface area contributed by atoms with Crippen molar-refractivity contribution in [3.63, 3.8) is 0 Å². The molecule has 0 radical (unpaired) electrons. The molecule has 1 heterocycles. The molecule has 0 aliphatic carbocycles. The van der Waals surface area contributed by atoms with Crippen molar-refractivity contribution < 1.29 is 5.21 Å². The third-order valence-electron chi connectivity index (χ3n) is 2.82. The molecule has 1 aromatic heterocycles. The first-order valence-electron chi connectivity index (χ1n) is 5.79. The number of nitrogens with zero attached hydrogens (tertiary/aromatic N) is 2. The predicted molar refractivity (Wildman–Crippen MR) is 76.8 cm³/mol. The largest absolute Gasteiger partial charge is 0.409 e. The van der Waals surface area contributed by atoms with Gasteiger partial charge in [0.25, 0.3) is 0 Å². The summed E-state index contributed by atoms with van der Waals surface area (Å²) < 4.78 is 0. The van der Waals surface area contributed by atoms with Crippen LogP contribution in [0.25, 0.3) is 0 Å². The average Bonchev–Trinajstić information content (AvgIpc) is 2.42. The van der Waals surface area contributed by atoms with Gasteiger partial charge in [0.15, 0.2) is 5.84 Å². The Morgan fingerprint density at radius 2 is 1.89 bits per heavy atom. The van der Waals surface area contributed by atoms with Crippen LogP contribution in [0.4, 0.5) is 0 Å². The van der Waals surface area contributed by atoms with Crippen molar-refractivity contribution in [3.8, 4) is 0 Å². The Balaban J connectivity index is 2.26. The zero-order chi connectivity index (χ0) is 13.8. The van der Waals surface area contributed by atoms with E-state index in [1.54, 1.807) is 24.0 Å². The molecular formula is C14H15N3OS. The van der Waals surface area contributed by atoms with E-state index in [1.807, 2.05) is 6.07 Å². The fourth-order valence-electron chi connectivity index (χ4n) is 1.58. The van der Waals surface area contributed by atoms with E-state index in [-0.39, 0.29) is 5.84 Å². The molecule has 0 bridgehead atoms. The summed E-state index contributed by atoms with van der Waals surface area (Å²) in [5, 5.41) is 11.6. The Hall–Kier alpha value is -2.01. The van der Waals surface area contributed by atoms with E-state index in [9.17, 15) is 0 Å². The minimum absolute atomic E-state index is 0.0162. The second-order valence-electron chi connectivity index (χ2n) is 4.21. The number of rotatable bonds is 3. The molecule has 98 valence electrons. The van der Waals surface area contributed by atoms with E-state index in [2.05, 4.69) is 42.2 Å². The van der Waals surface area contributed by atoms with Crippen molar-refractivity contribution in [2.45, 2.75) is 23.6 Å². The van der Waals surface area contributed by atoms with Crippen LogP contribution >= 0.6 is 11.8 Å². The molecule has 0 saturated heterocycles. The van der Waals surface area contributed by atoms with Gasteiger partial charge in [-0.25, -0.2) is 0 Å². The van der Waals surface area contributed by atoms with Crippen LogP contribution in [0.2, 0.25) is 0 Å². The molecule has 0 atom stereocenters. The molecule has 0 spiro atoms. The van der Waals surface area contributed by atoms with Gasteiger partial charge in [-0.3, -0.25) is 4.98 Å². The van der Waals surface area contributed by atoms with Crippen LogP contribution in [-0.2, 0) is 0 Å². The third kappa shape index (κ3) is 3.26. The topological polar surface area (TPSA) is 71.5 Å². The smallest absolute Gasteiger partial charge is 0.188 e. The van der Waals surface area contributed by atoms with E-state index < -0.39 is 0 Å². The lowest BCUT2D eigenvalue weighted by atomic mass is 10.1. The van der Waals surface area contributed by atoms with Crippen molar-refractivity contribution in [2.24, 2.45) is 10.9 Å². The van der Waals surface area contributed by atoms with Crippen molar-refractivity contribution in [3.05, 3.63) is 53.3 Å². The quantitative estimate of drug-likeness (QED) is 0.390. The van der Waals surface area contributed by atoms with Gasteiger partial charge >= 0.3 is 0 Å². The van der Waals surface area contributed by atoms with E-state index >= 15 is 0 Å². The molecule has 0 aliphatic heterocycles. The van der Waals surface area contributed by atoms with Gasteiger partial charge in [-0.05, 0) is 49.2 Å². The van der Waals surface area contributed by atoms with E-state index in [0.29, 0.717) is 5.69 Å². The van der Waals surface area contributed by atoms with Crippen LogP contribution in [0.5, 0.6) is 0 Å². The normalized spacial score (nSPS) is 11.6. The van der Waals surface area contributed by atoms with Crippen LogP contribution in [0, 0.1) is 13.8 Å². The first-order chi connectivity index (χ1) is 9.10. The number of amidine groups is 1. The minimum Gasteiger partial charge on any atom is -0.409 e. The molecule has 19 heavy (non-hydrogen) atoms. The summed E-state index contributed by atoms with van der Waals surface area (Å²) in [5.74, 6) is 0.0162. The molecule has 5 heteroatoms. The fraction of sp³-hybridized carbons (Fsp3) is 0.143. The highest BCUT2D eigenvalue weighted by molar-refractivity contribution is 7.99. The maximum atomic E-state index is 8.65. The number of oxime groups is 1. The molecule has 3 N–H and O–H groups in total. The molecule has 0 aliphatic rings. The van der Waals surface area contributed by atoms with Crippen molar-refractivity contribution in [2.75, 3.05) is 0 Å².